The summed E-state index contributed by atoms with van der Waals surface area (Å²) in [5.74, 6) is 1.63. The van der Waals surface area contributed by atoms with Crippen molar-refractivity contribution in [3.63, 3.8) is 0 Å². The molecule has 0 N–H and O–H groups in total. The van der Waals surface area contributed by atoms with E-state index in [0.717, 1.165) is 56.9 Å². The van der Waals surface area contributed by atoms with Gasteiger partial charge in [0.15, 0.2) is 0 Å². The summed E-state index contributed by atoms with van der Waals surface area (Å²) < 4.78 is 23.9. The molecular weight excluding hydrogens is 411 g/mol. The molecule has 4 aromatic rings. The Kier molecular flexibility index (Phi) is 4.93. The SMILES string of the molecule is Cc1ccccc1-n1ccnc1-c1cc2c3c(oc2cc1C(C)(C)C(C)(C)F)C=CCC=C3. The van der Waals surface area contributed by atoms with Gasteiger partial charge in [-0.05, 0) is 62.6 Å². The van der Waals surface area contributed by atoms with Gasteiger partial charge >= 0.3 is 0 Å². The van der Waals surface area contributed by atoms with E-state index < -0.39 is 11.1 Å². The van der Waals surface area contributed by atoms with Crippen molar-refractivity contribution < 1.29 is 8.81 Å². The zero-order valence-electron chi connectivity index (χ0n) is 19.8. The number of halogens is 1. The highest BCUT2D eigenvalue weighted by molar-refractivity contribution is 5.95. The fourth-order valence-electron chi connectivity index (χ4n) is 4.47. The molecular formula is C29H29FN2O. The quantitative estimate of drug-likeness (QED) is 0.321. The summed E-state index contributed by atoms with van der Waals surface area (Å²) in [6.07, 6.45) is 13.0. The summed E-state index contributed by atoms with van der Waals surface area (Å²) in [4.78, 5) is 4.76. The fourth-order valence-corrected chi connectivity index (χ4v) is 4.47. The van der Waals surface area contributed by atoms with Crippen LogP contribution in [0.4, 0.5) is 4.39 Å². The van der Waals surface area contributed by atoms with Gasteiger partial charge in [-0.1, -0.05) is 50.3 Å². The number of hydrogen-bond acceptors (Lipinski definition) is 2. The average molecular weight is 441 g/mol. The number of alkyl halides is 1. The van der Waals surface area contributed by atoms with Gasteiger partial charge in [-0.25, -0.2) is 9.37 Å². The zero-order chi connectivity index (χ0) is 23.4. The summed E-state index contributed by atoms with van der Waals surface area (Å²) in [5.41, 5.74) is 3.57. The fraction of sp³-hybridized carbons (Fsp3) is 0.276. The third-order valence-electron chi connectivity index (χ3n) is 7.14. The van der Waals surface area contributed by atoms with Crippen molar-refractivity contribution in [1.29, 1.82) is 0 Å². The lowest BCUT2D eigenvalue weighted by Crippen LogP contribution is -2.39. The van der Waals surface area contributed by atoms with Crippen LogP contribution in [0, 0.1) is 6.92 Å². The minimum absolute atomic E-state index is 0.765. The number of furan rings is 1. The Hall–Kier alpha value is -3.40. The molecule has 0 aliphatic heterocycles. The average Bonchev–Trinajstić information content (AvgIpc) is 3.30. The van der Waals surface area contributed by atoms with Crippen molar-refractivity contribution in [2.24, 2.45) is 0 Å². The van der Waals surface area contributed by atoms with Crippen molar-refractivity contribution in [3.8, 4) is 17.1 Å². The highest BCUT2D eigenvalue weighted by Crippen LogP contribution is 2.45. The molecule has 0 atom stereocenters. The van der Waals surface area contributed by atoms with Gasteiger partial charge in [-0.2, -0.15) is 0 Å². The summed E-state index contributed by atoms with van der Waals surface area (Å²) in [6.45, 7) is 9.26. The van der Waals surface area contributed by atoms with Crippen LogP contribution in [-0.2, 0) is 5.41 Å². The minimum Gasteiger partial charge on any atom is -0.456 e. The van der Waals surface area contributed by atoms with Gasteiger partial charge in [-0.3, -0.25) is 4.57 Å². The topological polar surface area (TPSA) is 31.0 Å². The van der Waals surface area contributed by atoms with Crippen molar-refractivity contribution in [3.05, 3.63) is 83.4 Å². The molecule has 33 heavy (non-hydrogen) atoms. The van der Waals surface area contributed by atoms with E-state index in [1.807, 2.05) is 50.5 Å². The molecule has 0 saturated heterocycles. The first-order valence-electron chi connectivity index (χ1n) is 11.4. The van der Waals surface area contributed by atoms with Crippen LogP contribution in [0.25, 0.3) is 40.2 Å². The minimum atomic E-state index is -1.46. The number of aryl methyl sites for hydroxylation is 1. The molecule has 1 aliphatic carbocycles. The predicted octanol–water partition coefficient (Wildman–Crippen LogP) is 8.05. The maximum absolute atomic E-state index is 15.6. The Balaban J connectivity index is 1.84. The van der Waals surface area contributed by atoms with Gasteiger partial charge < -0.3 is 4.42 Å². The lowest BCUT2D eigenvalue weighted by Gasteiger charge is -2.37. The van der Waals surface area contributed by atoms with Crippen molar-refractivity contribution >= 4 is 23.1 Å². The Labute approximate surface area is 194 Å². The second kappa shape index (κ2) is 7.58. The van der Waals surface area contributed by atoms with Gasteiger partial charge in [0.2, 0.25) is 0 Å². The van der Waals surface area contributed by atoms with Crippen molar-refractivity contribution in [1.82, 2.24) is 9.55 Å². The van der Waals surface area contributed by atoms with Crippen molar-refractivity contribution in [2.45, 2.75) is 52.1 Å². The van der Waals surface area contributed by atoms with E-state index >= 15 is 4.39 Å². The molecule has 0 fully saturated rings. The predicted molar refractivity (Wildman–Crippen MR) is 134 cm³/mol. The second-order valence-electron chi connectivity index (χ2n) is 9.82. The number of rotatable bonds is 4. The maximum atomic E-state index is 15.6. The highest BCUT2D eigenvalue weighted by atomic mass is 19.1. The number of allylic oxidation sites excluding steroid dienone is 2. The maximum Gasteiger partial charge on any atom is 0.144 e. The molecule has 0 amide bonds. The standard InChI is InChI=1S/C29H29FN2O/c1-19-11-9-10-13-24(19)32-16-15-31-27(32)22-17-21-20-12-7-6-8-14-25(20)33-26(21)18-23(22)28(2,3)29(4,5)30/h7-18H,6H2,1-5H3. The Morgan fingerprint density at radius 1 is 1.03 bits per heavy atom. The van der Waals surface area contributed by atoms with Gasteiger partial charge in [0.1, 0.15) is 22.8 Å². The molecule has 168 valence electrons. The molecule has 0 bridgehead atoms. The van der Waals surface area contributed by atoms with Gasteiger partial charge in [0, 0.05) is 40.0 Å². The molecule has 0 saturated carbocycles. The first kappa shape index (κ1) is 21.4. The first-order valence-corrected chi connectivity index (χ1v) is 11.4. The number of aromatic nitrogens is 2. The lowest BCUT2D eigenvalue weighted by atomic mass is 9.71. The van der Waals surface area contributed by atoms with Crippen LogP contribution in [0.2, 0.25) is 0 Å². The molecule has 0 unspecified atom stereocenters. The second-order valence-corrected chi connectivity index (χ2v) is 9.82. The Morgan fingerprint density at radius 3 is 2.55 bits per heavy atom. The first-order chi connectivity index (χ1) is 15.7. The molecule has 2 aromatic heterocycles. The van der Waals surface area contributed by atoms with E-state index in [2.05, 4.69) is 47.9 Å². The third kappa shape index (κ3) is 3.45. The normalized spacial score (nSPS) is 14.0. The molecule has 0 radical (unpaired) electrons. The largest absolute Gasteiger partial charge is 0.456 e. The van der Waals surface area contributed by atoms with Crippen LogP contribution in [0.1, 0.15) is 56.6 Å². The van der Waals surface area contributed by atoms with E-state index in [-0.39, 0.29) is 0 Å². The van der Waals surface area contributed by atoms with Gasteiger partial charge in [-0.15, -0.1) is 0 Å². The third-order valence-corrected chi connectivity index (χ3v) is 7.14. The van der Waals surface area contributed by atoms with E-state index in [4.69, 9.17) is 9.40 Å². The van der Waals surface area contributed by atoms with E-state index in [1.54, 1.807) is 13.8 Å². The molecule has 4 heteroatoms. The molecule has 2 heterocycles. The molecule has 2 aromatic carbocycles. The zero-order valence-corrected chi connectivity index (χ0v) is 19.8. The number of hydrogen-bond donors (Lipinski definition) is 0. The number of benzene rings is 2. The summed E-state index contributed by atoms with van der Waals surface area (Å²) in [6, 6.07) is 12.4. The van der Waals surface area contributed by atoms with Crippen LogP contribution in [0.15, 0.2) is 65.4 Å². The van der Waals surface area contributed by atoms with Gasteiger partial charge in [0.05, 0.1) is 0 Å². The number of nitrogens with zero attached hydrogens (tertiary/aromatic N) is 2. The molecule has 3 nitrogen and oxygen atoms in total. The molecule has 0 spiro atoms. The smallest absolute Gasteiger partial charge is 0.144 e. The van der Waals surface area contributed by atoms with Crippen LogP contribution in [0.5, 0.6) is 0 Å². The molecule has 5 rings (SSSR count). The van der Waals surface area contributed by atoms with E-state index in [9.17, 15) is 0 Å². The monoisotopic (exact) mass is 440 g/mol. The molecule has 1 aliphatic rings. The number of para-hydroxylation sites is 1. The van der Waals surface area contributed by atoms with Gasteiger partial charge in [0.25, 0.3) is 0 Å². The van der Waals surface area contributed by atoms with Crippen LogP contribution < -0.4 is 0 Å². The Bertz CT molecular complexity index is 1410. The number of fused-ring (bicyclic) bond motifs is 3. The van der Waals surface area contributed by atoms with Crippen LogP contribution >= 0.6 is 0 Å². The van der Waals surface area contributed by atoms with Crippen LogP contribution in [-0.4, -0.2) is 15.2 Å². The summed E-state index contributed by atoms with van der Waals surface area (Å²) in [5, 5.41) is 1.01. The van der Waals surface area contributed by atoms with E-state index in [0.29, 0.717) is 0 Å². The Morgan fingerprint density at radius 2 is 1.79 bits per heavy atom. The highest BCUT2D eigenvalue weighted by Gasteiger charge is 2.41. The van der Waals surface area contributed by atoms with E-state index in [1.165, 1.54) is 0 Å². The lowest BCUT2D eigenvalue weighted by molar-refractivity contribution is 0.114. The number of imidazole rings is 1. The van der Waals surface area contributed by atoms with Crippen LogP contribution in [0.3, 0.4) is 0 Å². The summed E-state index contributed by atoms with van der Waals surface area (Å²) >= 11 is 0. The summed E-state index contributed by atoms with van der Waals surface area (Å²) in [7, 11) is 0. The van der Waals surface area contributed by atoms with Crippen molar-refractivity contribution in [2.75, 3.05) is 0 Å².